The van der Waals surface area contributed by atoms with Gasteiger partial charge in [0.05, 0.1) is 12.0 Å². The number of rotatable bonds is 4. The van der Waals surface area contributed by atoms with Crippen molar-refractivity contribution < 1.29 is 9.90 Å². The number of carbonyl (C=O) groups is 1. The van der Waals surface area contributed by atoms with Crippen LogP contribution >= 0.6 is 11.8 Å². The van der Waals surface area contributed by atoms with Crippen molar-refractivity contribution >= 4 is 17.7 Å². The number of thioether (sulfide) groups is 1. The van der Waals surface area contributed by atoms with Crippen LogP contribution in [0.15, 0.2) is 23.1 Å². The van der Waals surface area contributed by atoms with Gasteiger partial charge >= 0.3 is 5.97 Å². The Morgan fingerprint density at radius 2 is 2.33 bits per heavy atom. The van der Waals surface area contributed by atoms with E-state index < -0.39 is 5.97 Å². The van der Waals surface area contributed by atoms with Crippen molar-refractivity contribution in [3.63, 3.8) is 0 Å². The third-order valence-corrected chi connectivity index (χ3v) is 3.13. The minimum atomic E-state index is -0.811. The van der Waals surface area contributed by atoms with Crippen molar-refractivity contribution in [1.29, 1.82) is 5.26 Å². The number of carboxylic acid groups (broad SMARTS) is 1. The highest BCUT2D eigenvalue weighted by Crippen LogP contribution is 2.26. The highest BCUT2D eigenvalue weighted by molar-refractivity contribution is 7.99. The van der Waals surface area contributed by atoms with E-state index in [2.05, 4.69) is 6.07 Å². The van der Waals surface area contributed by atoms with Crippen LogP contribution in [0.2, 0.25) is 0 Å². The molecule has 0 saturated carbocycles. The summed E-state index contributed by atoms with van der Waals surface area (Å²) < 4.78 is 0. The third kappa shape index (κ3) is 3.30. The Hall–Kier alpha value is -1.47. The Morgan fingerprint density at radius 3 is 2.93 bits per heavy atom. The van der Waals surface area contributed by atoms with Gasteiger partial charge in [-0.05, 0) is 18.6 Å². The number of aliphatic carboxylic acids is 1. The Balaban J connectivity index is 2.76. The summed E-state index contributed by atoms with van der Waals surface area (Å²) in [7, 11) is 0. The lowest BCUT2D eigenvalue weighted by atomic mass is 10.1. The number of hydrogen-bond acceptors (Lipinski definition) is 3. The second-order valence-electron chi connectivity index (χ2n) is 3.06. The fourth-order valence-corrected chi connectivity index (χ4v) is 2.22. The number of hydrogen-bond donors (Lipinski definition) is 1. The molecule has 0 unspecified atom stereocenters. The van der Waals surface area contributed by atoms with E-state index >= 15 is 0 Å². The summed E-state index contributed by atoms with van der Waals surface area (Å²) in [5, 5.41) is 17.4. The van der Waals surface area contributed by atoms with Gasteiger partial charge in [-0.25, -0.2) is 0 Å². The zero-order chi connectivity index (χ0) is 11.3. The largest absolute Gasteiger partial charge is 0.481 e. The lowest BCUT2D eigenvalue weighted by molar-refractivity contribution is -0.136. The van der Waals surface area contributed by atoms with Crippen LogP contribution in [0.1, 0.15) is 17.5 Å². The Bertz CT molecular complexity index is 410. The molecule has 1 aromatic rings. The van der Waals surface area contributed by atoms with Crippen molar-refractivity contribution in [3.8, 4) is 6.07 Å². The standard InChI is InChI=1S/C11H11NO2S/c1-8-3-2-4-9(7-12)11(8)15-6-5-10(13)14/h2-4H,5-6H2,1H3,(H,13,14). The Kier molecular flexibility index (Phi) is 4.19. The number of nitriles is 1. The van der Waals surface area contributed by atoms with Crippen molar-refractivity contribution in [2.24, 2.45) is 0 Å². The Morgan fingerprint density at radius 1 is 1.60 bits per heavy atom. The van der Waals surface area contributed by atoms with Crippen molar-refractivity contribution in [2.75, 3.05) is 5.75 Å². The predicted octanol–water partition coefficient (Wildman–Crippen LogP) is 2.43. The fraction of sp³-hybridized carbons (Fsp3) is 0.273. The second-order valence-corrected chi connectivity index (χ2v) is 4.16. The molecule has 15 heavy (non-hydrogen) atoms. The zero-order valence-electron chi connectivity index (χ0n) is 8.36. The summed E-state index contributed by atoms with van der Waals surface area (Å²) in [5.41, 5.74) is 1.63. The number of carboxylic acids is 1. The quantitative estimate of drug-likeness (QED) is 0.793. The molecule has 0 saturated heterocycles. The van der Waals surface area contributed by atoms with Crippen LogP contribution in [0, 0.1) is 18.3 Å². The van der Waals surface area contributed by atoms with Gasteiger partial charge in [0.2, 0.25) is 0 Å². The highest BCUT2D eigenvalue weighted by Gasteiger charge is 2.06. The molecule has 0 aliphatic rings. The summed E-state index contributed by atoms with van der Waals surface area (Å²) in [6.07, 6.45) is 0.115. The van der Waals surface area contributed by atoms with Gasteiger partial charge in [-0.3, -0.25) is 4.79 Å². The van der Waals surface area contributed by atoms with Crippen LogP contribution in [-0.2, 0) is 4.79 Å². The molecular formula is C11H11NO2S. The van der Waals surface area contributed by atoms with Gasteiger partial charge in [0.1, 0.15) is 6.07 Å². The lowest BCUT2D eigenvalue weighted by Crippen LogP contribution is -1.96. The van der Waals surface area contributed by atoms with Gasteiger partial charge in [-0.1, -0.05) is 12.1 Å². The van der Waals surface area contributed by atoms with Crippen LogP contribution in [0.5, 0.6) is 0 Å². The maximum atomic E-state index is 10.4. The van der Waals surface area contributed by atoms with E-state index in [1.54, 1.807) is 6.07 Å². The van der Waals surface area contributed by atoms with E-state index in [1.165, 1.54) is 11.8 Å². The summed E-state index contributed by atoms with van der Waals surface area (Å²) in [6.45, 7) is 1.92. The van der Waals surface area contributed by atoms with Crippen LogP contribution in [0.3, 0.4) is 0 Å². The van der Waals surface area contributed by atoms with Gasteiger partial charge in [-0.2, -0.15) is 5.26 Å². The van der Waals surface area contributed by atoms with Crippen molar-refractivity contribution in [2.45, 2.75) is 18.2 Å². The maximum absolute atomic E-state index is 10.4. The van der Waals surface area contributed by atoms with Crippen molar-refractivity contribution in [3.05, 3.63) is 29.3 Å². The molecule has 1 aromatic carbocycles. The fourth-order valence-electron chi connectivity index (χ4n) is 1.17. The molecule has 1 rings (SSSR count). The van der Waals surface area contributed by atoms with Crippen molar-refractivity contribution in [1.82, 2.24) is 0 Å². The molecule has 0 aromatic heterocycles. The van der Waals surface area contributed by atoms with E-state index in [0.29, 0.717) is 11.3 Å². The smallest absolute Gasteiger partial charge is 0.304 e. The molecule has 0 spiro atoms. The molecule has 1 N–H and O–H groups in total. The number of benzene rings is 1. The first-order chi connectivity index (χ1) is 7.15. The molecule has 0 amide bonds. The van der Waals surface area contributed by atoms with Gasteiger partial charge in [0.25, 0.3) is 0 Å². The minimum Gasteiger partial charge on any atom is -0.481 e. The second kappa shape index (κ2) is 5.42. The summed E-state index contributed by atoms with van der Waals surface area (Å²) in [5.74, 6) is -0.316. The molecule has 0 heterocycles. The minimum absolute atomic E-state index is 0.115. The first-order valence-corrected chi connectivity index (χ1v) is 5.48. The third-order valence-electron chi connectivity index (χ3n) is 1.89. The summed E-state index contributed by atoms with van der Waals surface area (Å²) in [4.78, 5) is 11.2. The normalized spacial score (nSPS) is 9.60. The Labute approximate surface area is 92.7 Å². The van der Waals surface area contributed by atoms with Crippen LogP contribution in [0.25, 0.3) is 0 Å². The molecule has 0 atom stereocenters. The highest BCUT2D eigenvalue weighted by atomic mass is 32.2. The van der Waals surface area contributed by atoms with Crippen LogP contribution < -0.4 is 0 Å². The van der Waals surface area contributed by atoms with E-state index in [4.69, 9.17) is 10.4 Å². The molecule has 0 radical (unpaired) electrons. The van der Waals surface area contributed by atoms with Gasteiger partial charge in [0, 0.05) is 10.6 Å². The zero-order valence-corrected chi connectivity index (χ0v) is 9.17. The average Bonchev–Trinajstić information content (AvgIpc) is 2.20. The summed E-state index contributed by atoms with van der Waals surface area (Å²) in [6, 6.07) is 7.60. The predicted molar refractivity (Wildman–Crippen MR) is 58.9 cm³/mol. The monoisotopic (exact) mass is 221 g/mol. The van der Waals surface area contributed by atoms with E-state index in [1.807, 2.05) is 19.1 Å². The number of aryl methyl sites for hydroxylation is 1. The van der Waals surface area contributed by atoms with E-state index in [9.17, 15) is 4.79 Å². The van der Waals surface area contributed by atoms with E-state index in [-0.39, 0.29) is 6.42 Å². The maximum Gasteiger partial charge on any atom is 0.304 e. The lowest BCUT2D eigenvalue weighted by Gasteiger charge is -2.05. The summed E-state index contributed by atoms with van der Waals surface area (Å²) >= 11 is 1.42. The average molecular weight is 221 g/mol. The molecule has 3 nitrogen and oxygen atoms in total. The van der Waals surface area contributed by atoms with E-state index in [0.717, 1.165) is 10.5 Å². The van der Waals surface area contributed by atoms with Gasteiger partial charge in [-0.15, -0.1) is 11.8 Å². The molecule has 0 aliphatic heterocycles. The first-order valence-electron chi connectivity index (χ1n) is 4.49. The molecule has 4 heteroatoms. The number of nitrogens with zero attached hydrogens (tertiary/aromatic N) is 1. The molecule has 0 fully saturated rings. The van der Waals surface area contributed by atoms with Gasteiger partial charge < -0.3 is 5.11 Å². The first kappa shape index (κ1) is 11.6. The molecule has 0 aliphatic carbocycles. The molecule has 78 valence electrons. The topological polar surface area (TPSA) is 61.1 Å². The molecule has 0 bridgehead atoms. The van der Waals surface area contributed by atoms with Crippen LogP contribution in [0.4, 0.5) is 0 Å². The van der Waals surface area contributed by atoms with Crippen LogP contribution in [-0.4, -0.2) is 16.8 Å². The SMILES string of the molecule is Cc1cccc(C#N)c1SCCC(=O)O. The molecular weight excluding hydrogens is 210 g/mol. The van der Waals surface area contributed by atoms with Gasteiger partial charge in [0.15, 0.2) is 0 Å².